The van der Waals surface area contributed by atoms with Crippen molar-refractivity contribution in [3.63, 3.8) is 0 Å². The van der Waals surface area contributed by atoms with E-state index < -0.39 is 0 Å². The minimum atomic E-state index is -0.183. The standard InChI is InChI=1S/C19H14ClNO2/c20-15-10-12-16(13-11-15)23-18-9-5-4-8-17(18)21-19(22)14-6-2-1-3-7-14/h1-13H,(H,21,22). The molecule has 0 radical (unpaired) electrons. The summed E-state index contributed by atoms with van der Waals surface area (Å²) in [6.07, 6.45) is 0. The van der Waals surface area contributed by atoms with Crippen LogP contribution in [0.15, 0.2) is 78.9 Å². The van der Waals surface area contributed by atoms with Crippen molar-refractivity contribution < 1.29 is 9.53 Å². The Kier molecular flexibility index (Phi) is 4.60. The first-order valence-electron chi connectivity index (χ1n) is 7.11. The summed E-state index contributed by atoms with van der Waals surface area (Å²) in [5, 5.41) is 3.51. The van der Waals surface area contributed by atoms with E-state index in [0.717, 1.165) is 0 Å². The zero-order valence-electron chi connectivity index (χ0n) is 12.2. The van der Waals surface area contributed by atoms with Gasteiger partial charge in [-0.15, -0.1) is 0 Å². The summed E-state index contributed by atoms with van der Waals surface area (Å²) in [6.45, 7) is 0. The zero-order valence-corrected chi connectivity index (χ0v) is 13.0. The number of halogens is 1. The van der Waals surface area contributed by atoms with Gasteiger partial charge in [0.25, 0.3) is 5.91 Å². The number of amides is 1. The molecule has 3 aromatic rings. The van der Waals surface area contributed by atoms with Crippen molar-refractivity contribution in [1.82, 2.24) is 0 Å². The molecule has 0 bridgehead atoms. The molecule has 0 unspecified atom stereocenters. The summed E-state index contributed by atoms with van der Waals surface area (Å²) in [6, 6.07) is 23.4. The Balaban J connectivity index is 1.80. The number of carbonyl (C=O) groups excluding carboxylic acids is 1. The molecule has 0 spiro atoms. The first kappa shape index (κ1) is 15.1. The van der Waals surface area contributed by atoms with Crippen LogP contribution in [0.5, 0.6) is 11.5 Å². The van der Waals surface area contributed by atoms with Gasteiger partial charge in [-0.3, -0.25) is 4.79 Å². The van der Waals surface area contributed by atoms with Gasteiger partial charge in [0.1, 0.15) is 5.75 Å². The number of ether oxygens (including phenoxy) is 1. The maximum Gasteiger partial charge on any atom is 0.255 e. The lowest BCUT2D eigenvalue weighted by atomic mass is 10.2. The van der Waals surface area contributed by atoms with Gasteiger partial charge in [0, 0.05) is 10.6 Å². The molecule has 23 heavy (non-hydrogen) atoms. The Morgan fingerprint density at radius 2 is 1.48 bits per heavy atom. The minimum Gasteiger partial charge on any atom is -0.455 e. The van der Waals surface area contributed by atoms with Crippen LogP contribution in [0.1, 0.15) is 10.4 Å². The Labute approximate surface area is 139 Å². The summed E-state index contributed by atoms with van der Waals surface area (Å²) in [5.74, 6) is 1.03. The Morgan fingerprint density at radius 1 is 0.826 bits per heavy atom. The Hall–Kier alpha value is -2.78. The highest BCUT2D eigenvalue weighted by atomic mass is 35.5. The van der Waals surface area contributed by atoms with Crippen LogP contribution in [-0.4, -0.2) is 5.91 Å². The fourth-order valence-corrected chi connectivity index (χ4v) is 2.20. The number of rotatable bonds is 4. The van der Waals surface area contributed by atoms with E-state index in [1.165, 1.54) is 0 Å². The molecule has 0 fully saturated rings. The third-order valence-electron chi connectivity index (χ3n) is 3.21. The van der Waals surface area contributed by atoms with E-state index >= 15 is 0 Å². The average Bonchev–Trinajstić information content (AvgIpc) is 2.59. The van der Waals surface area contributed by atoms with Crippen LogP contribution in [0.4, 0.5) is 5.69 Å². The number of carbonyl (C=O) groups is 1. The largest absolute Gasteiger partial charge is 0.455 e. The second-order valence-corrected chi connectivity index (χ2v) is 5.31. The van der Waals surface area contributed by atoms with Crippen molar-refractivity contribution in [3.8, 4) is 11.5 Å². The van der Waals surface area contributed by atoms with Crippen LogP contribution >= 0.6 is 11.6 Å². The van der Waals surface area contributed by atoms with Gasteiger partial charge in [-0.05, 0) is 48.5 Å². The normalized spacial score (nSPS) is 10.1. The Morgan fingerprint density at radius 3 is 2.22 bits per heavy atom. The second-order valence-electron chi connectivity index (χ2n) is 4.87. The van der Waals surface area contributed by atoms with Gasteiger partial charge in [-0.2, -0.15) is 0 Å². The van der Waals surface area contributed by atoms with Crippen molar-refractivity contribution in [2.75, 3.05) is 5.32 Å². The highest BCUT2D eigenvalue weighted by Gasteiger charge is 2.10. The van der Waals surface area contributed by atoms with Gasteiger partial charge in [0.15, 0.2) is 5.75 Å². The molecule has 3 nitrogen and oxygen atoms in total. The maximum atomic E-state index is 12.3. The van der Waals surface area contributed by atoms with Crippen LogP contribution in [-0.2, 0) is 0 Å². The summed E-state index contributed by atoms with van der Waals surface area (Å²) < 4.78 is 5.83. The Bertz CT molecular complexity index is 801. The smallest absolute Gasteiger partial charge is 0.255 e. The summed E-state index contributed by atoms with van der Waals surface area (Å²) in [4.78, 5) is 12.3. The molecular formula is C19H14ClNO2. The molecule has 0 aliphatic carbocycles. The molecule has 0 saturated carbocycles. The maximum absolute atomic E-state index is 12.3. The van der Waals surface area contributed by atoms with E-state index in [9.17, 15) is 4.79 Å². The van der Waals surface area contributed by atoms with Crippen molar-refractivity contribution in [2.24, 2.45) is 0 Å². The van der Waals surface area contributed by atoms with Gasteiger partial charge < -0.3 is 10.1 Å². The molecule has 0 saturated heterocycles. The third kappa shape index (κ3) is 3.90. The number of benzene rings is 3. The lowest BCUT2D eigenvalue weighted by molar-refractivity contribution is 0.102. The molecule has 0 atom stereocenters. The van der Waals surface area contributed by atoms with Gasteiger partial charge in [-0.1, -0.05) is 41.9 Å². The molecule has 1 N–H and O–H groups in total. The fraction of sp³-hybridized carbons (Fsp3) is 0. The number of hydrogen-bond acceptors (Lipinski definition) is 2. The first-order chi connectivity index (χ1) is 11.2. The molecule has 0 heterocycles. The van der Waals surface area contributed by atoms with E-state index in [-0.39, 0.29) is 5.91 Å². The summed E-state index contributed by atoms with van der Waals surface area (Å²) >= 11 is 5.87. The topological polar surface area (TPSA) is 38.3 Å². The molecule has 3 aromatic carbocycles. The molecule has 0 aliphatic heterocycles. The van der Waals surface area contributed by atoms with E-state index in [1.54, 1.807) is 48.5 Å². The number of hydrogen-bond donors (Lipinski definition) is 1. The quantitative estimate of drug-likeness (QED) is 0.699. The molecule has 0 aliphatic rings. The zero-order chi connectivity index (χ0) is 16.1. The number of para-hydroxylation sites is 2. The molecule has 0 aromatic heterocycles. The molecule has 114 valence electrons. The van der Waals surface area contributed by atoms with Crippen LogP contribution < -0.4 is 10.1 Å². The predicted molar refractivity (Wildman–Crippen MR) is 92.4 cm³/mol. The van der Waals surface area contributed by atoms with E-state index in [2.05, 4.69) is 5.32 Å². The van der Waals surface area contributed by atoms with E-state index in [0.29, 0.717) is 27.8 Å². The van der Waals surface area contributed by atoms with Gasteiger partial charge in [-0.25, -0.2) is 0 Å². The minimum absolute atomic E-state index is 0.183. The highest BCUT2D eigenvalue weighted by Crippen LogP contribution is 2.30. The second kappa shape index (κ2) is 6.99. The van der Waals surface area contributed by atoms with Crippen LogP contribution in [0.25, 0.3) is 0 Å². The lowest BCUT2D eigenvalue weighted by Gasteiger charge is -2.12. The highest BCUT2D eigenvalue weighted by molar-refractivity contribution is 6.30. The van der Waals surface area contributed by atoms with Crippen LogP contribution in [0.2, 0.25) is 5.02 Å². The summed E-state index contributed by atoms with van der Waals surface area (Å²) in [7, 11) is 0. The van der Waals surface area contributed by atoms with Crippen LogP contribution in [0, 0.1) is 0 Å². The van der Waals surface area contributed by atoms with Gasteiger partial charge >= 0.3 is 0 Å². The summed E-state index contributed by atoms with van der Waals surface area (Å²) in [5.41, 5.74) is 1.20. The van der Waals surface area contributed by atoms with Crippen molar-refractivity contribution >= 4 is 23.2 Å². The molecule has 1 amide bonds. The van der Waals surface area contributed by atoms with Gasteiger partial charge in [0.2, 0.25) is 0 Å². The van der Waals surface area contributed by atoms with E-state index in [4.69, 9.17) is 16.3 Å². The van der Waals surface area contributed by atoms with Crippen molar-refractivity contribution in [2.45, 2.75) is 0 Å². The number of anilines is 1. The predicted octanol–water partition coefficient (Wildman–Crippen LogP) is 5.38. The fourth-order valence-electron chi connectivity index (χ4n) is 2.07. The SMILES string of the molecule is O=C(Nc1ccccc1Oc1ccc(Cl)cc1)c1ccccc1. The molecular weight excluding hydrogens is 310 g/mol. The molecule has 3 rings (SSSR count). The number of nitrogens with one attached hydrogen (secondary N) is 1. The first-order valence-corrected chi connectivity index (χ1v) is 7.49. The van der Waals surface area contributed by atoms with Crippen LogP contribution in [0.3, 0.4) is 0 Å². The lowest BCUT2D eigenvalue weighted by Crippen LogP contribution is -2.12. The monoisotopic (exact) mass is 323 g/mol. The van der Waals surface area contributed by atoms with E-state index in [1.807, 2.05) is 30.3 Å². The van der Waals surface area contributed by atoms with Gasteiger partial charge in [0.05, 0.1) is 5.69 Å². The van der Waals surface area contributed by atoms with Crippen molar-refractivity contribution in [1.29, 1.82) is 0 Å². The molecule has 4 heteroatoms. The van der Waals surface area contributed by atoms with Crippen molar-refractivity contribution in [3.05, 3.63) is 89.4 Å². The average molecular weight is 324 g/mol. The third-order valence-corrected chi connectivity index (χ3v) is 3.46.